The molecule has 4 nitrogen and oxygen atoms in total. The summed E-state index contributed by atoms with van der Waals surface area (Å²) in [6, 6.07) is 1.79. The molecule has 0 fully saturated rings. The Morgan fingerprint density at radius 3 is 2.69 bits per heavy atom. The van der Waals surface area contributed by atoms with E-state index >= 15 is 0 Å². The Labute approximate surface area is 101 Å². The van der Waals surface area contributed by atoms with Gasteiger partial charge in [-0.3, -0.25) is 0 Å². The van der Waals surface area contributed by atoms with E-state index in [9.17, 15) is 9.90 Å². The number of aromatic nitrogens is 2. The molecular formula is C11H11BrN2O2. The van der Waals surface area contributed by atoms with Crippen molar-refractivity contribution in [3.8, 4) is 0 Å². The van der Waals surface area contributed by atoms with E-state index in [-0.39, 0.29) is 0 Å². The molecule has 0 aliphatic carbocycles. The SMILES string of the molecule is Cc1cc(Br)c2nc(C)n(C)c2c1C(=O)O. The molecule has 1 aromatic carbocycles. The van der Waals surface area contributed by atoms with Crippen LogP contribution in [0.15, 0.2) is 10.5 Å². The zero-order chi connectivity index (χ0) is 12.0. The third-order valence-corrected chi connectivity index (χ3v) is 3.34. The lowest BCUT2D eigenvalue weighted by atomic mass is 10.1. The number of halogens is 1. The van der Waals surface area contributed by atoms with Crippen LogP contribution in [0.4, 0.5) is 0 Å². The summed E-state index contributed by atoms with van der Waals surface area (Å²) in [5.74, 6) is -0.123. The van der Waals surface area contributed by atoms with E-state index in [4.69, 9.17) is 0 Å². The first kappa shape index (κ1) is 11.1. The highest BCUT2D eigenvalue weighted by atomic mass is 79.9. The largest absolute Gasteiger partial charge is 0.478 e. The van der Waals surface area contributed by atoms with Crippen molar-refractivity contribution in [1.29, 1.82) is 0 Å². The van der Waals surface area contributed by atoms with E-state index in [0.29, 0.717) is 16.6 Å². The molecule has 2 aromatic rings. The van der Waals surface area contributed by atoms with Gasteiger partial charge in [0.2, 0.25) is 0 Å². The van der Waals surface area contributed by atoms with Gasteiger partial charge in [-0.25, -0.2) is 9.78 Å². The van der Waals surface area contributed by atoms with Crippen molar-refractivity contribution < 1.29 is 9.90 Å². The Balaban J connectivity index is 3.04. The topological polar surface area (TPSA) is 55.1 Å². The van der Waals surface area contributed by atoms with Gasteiger partial charge in [0.15, 0.2) is 0 Å². The maximum Gasteiger partial charge on any atom is 0.338 e. The molecule has 0 unspecified atom stereocenters. The van der Waals surface area contributed by atoms with Crippen LogP contribution in [0, 0.1) is 13.8 Å². The van der Waals surface area contributed by atoms with E-state index in [1.165, 1.54) is 0 Å². The lowest BCUT2D eigenvalue weighted by molar-refractivity contribution is 0.0698. The van der Waals surface area contributed by atoms with Gasteiger partial charge in [-0.2, -0.15) is 0 Å². The minimum Gasteiger partial charge on any atom is -0.478 e. The van der Waals surface area contributed by atoms with Crippen LogP contribution >= 0.6 is 15.9 Å². The highest BCUT2D eigenvalue weighted by Gasteiger charge is 2.19. The third-order valence-electron chi connectivity index (χ3n) is 2.73. The zero-order valence-electron chi connectivity index (χ0n) is 9.21. The van der Waals surface area contributed by atoms with Gasteiger partial charge >= 0.3 is 5.97 Å². The Bertz CT molecular complexity index is 602. The fraction of sp³-hybridized carbons (Fsp3) is 0.273. The van der Waals surface area contributed by atoms with Gasteiger partial charge in [-0.05, 0) is 41.4 Å². The summed E-state index contributed by atoms with van der Waals surface area (Å²) in [6.45, 7) is 3.64. The van der Waals surface area contributed by atoms with Gasteiger partial charge in [-0.15, -0.1) is 0 Å². The number of carboxylic acid groups (broad SMARTS) is 1. The summed E-state index contributed by atoms with van der Waals surface area (Å²) < 4.78 is 2.63. The highest BCUT2D eigenvalue weighted by molar-refractivity contribution is 9.10. The highest BCUT2D eigenvalue weighted by Crippen LogP contribution is 2.29. The van der Waals surface area contributed by atoms with E-state index in [0.717, 1.165) is 15.9 Å². The summed E-state index contributed by atoms with van der Waals surface area (Å²) in [7, 11) is 1.82. The molecule has 5 heteroatoms. The first-order chi connectivity index (χ1) is 7.43. The molecule has 1 heterocycles. The number of nitrogens with zero attached hydrogens (tertiary/aromatic N) is 2. The normalized spacial score (nSPS) is 11.0. The number of imidazole rings is 1. The monoisotopic (exact) mass is 282 g/mol. The molecule has 84 valence electrons. The Kier molecular flexibility index (Phi) is 2.50. The Morgan fingerprint density at radius 1 is 1.50 bits per heavy atom. The average Bonchev–Trinajstić information content (AvgIpc) is 2.45. The first-order valence-corrected chi connectivity index (χ1v) is 5.58. The number of rotatable bonds is 1. The number of carbonyl (C=O) groups is 1. The fourth-order valence-electron chi connectivity index (χ4n) is 1.85. The number of aromatic carboxylic acids is 1. The summed E-state index contributed by atoms with van der Waals surface area (Å²) in [5.41, 5.74) is 2.41. The van der Waals surface area contributed by atoms with Crippen LogP contribution < -0.4 is 0 Å². The molecule has 0 aliphatic heterocycles. The second-order valence-electron chi connectivity index (χ2n) is 3.77. The number of carboxylic acids is 1. The number of hydrogen-bond acceptors (Lipinski definition) is 2. The van der Waals surface area contributed by atoms with Crippen LogP contribution in [0.1, 0.15) is 21.7 Å². The molecule has 0 saturated heterocycles. The van der Waals surface area contributed by atoms with Crippen LogP contribution in [0.2, 0.25) is 0 Å². The average molecular weight is 283 g/mol. The molecule has 0 aliphatic rings. The van der Waals surface area contributed by atoms with Crippen LogP contribution in [0.25, 0.3) is 11.0 Å². The third kappa shape index (κ3) is 1.43. The Morgan fingerprint density at radius 2 is 2.12 bits per heavy atom. The summed E-state index contributed by atoms with van der Waals surface area (Å²) in [4.78, 5) is 15.6. The smallest absolute Gasteiger partial charge is 0.338 e. The van der Waals surface area contributed by atoms with Gasteiger partial charge in [0.1, 0.15) is 11.3 Å². The van der Waals surface area contributed by atoms with Crippen molar-refractivity contribution in [2.75, 3.05) is 0 Å². The second-order valence-corrected chi connectivity index (χ2v) is 4.63. The van der Waals surface area contributed by atoms with Crippen LogP contribution in [0.3, 0.4) is 0 Å². The van der Waals surface area contributed by atoms with Crippen LogP contribution in [-0.4, -0.2) is 20.6 Å². The zero-order valence-corrected chi connectivity index (χ0v) is 10.8. The van der Waals surface area contributed by atoms with E-state index in [1.807, 2.05) is 14.0 Å². The van der Waals surface area contributed by atoms with Crippen molar-refractivity contribution >= 4 is 32.9 Å². The number of aryl methyl sites for hydroxylation is 3. The predicted molar refractivity (Wildman–Crippen MR) is 64.8 cm³/mol. The molecule has 0 radical (unpaired) electrons. The van der Waals surface area contributed by atoms with Crippen molar-refractivity contribution in [3.05, 3.63) is 27.5 Å². The van der Waals surface area contributed by atoms with Gasteiger partial charge < -0.3 is 9.67 Å². The second kappa shape index (κ2) is 3.59. The fourth-order valence-corrected chi connectivity index (χ4v) is 2.47. The summed E-state index contributed by atoms with van der Waals surface area (Å²) in [6.07, 6.45) is 0. The molecule has 0 atom stereocenters. The van der Waals surface area contributed by atoms with Gasteiger partial charge in [0.25, 0.3) is 0 Å². The molecule has 16 heavy (non-hydrogen) atoms. The maximum atomic E-state index is 11.3. The first-order valence-electron chi connectivity index (χ1n) is 4.79. The van der Waals surface area contributed by atoms with E-state index in [2.05, 4.69) is 20.9 Å². The maximum absolute atomic E-state index is 11.3. The molecule has 0 saturated carbocycles. The minimum absolute atomic E-state index is 0.321. The van der Waals surface area contributed by atoms with Crippen LogP contribution in [0.5, 0.6) is 0 Å². The number of benzene rings is 1. The predicted octanol–water partition coefficient (Wildman–Crippen LogP) is 2.65. The lowest BCUT2D eigenvalue weighted by Crippen LogP contribution is -2.04. The molecule has 0 bridgehead atoms. The van der Waals surface area contributed by atoms with Crippen molar-refractivity contribution in [2.24, 2.45) is 7.05 Å². The molecule has 0 amide bonds. The van der Waals surface area contributed by atoms with Crippen molar-refractivity contribution in [1.82, 2.24) is 9.55 Å². The number of fused-ring (bicyclic) bond motifs is 1. The molecular weight excluding hydrogens is 272 g/mol. The van der Waals surface area contributed by atoms with Crippen molar-refractivity contribution in [3.63, 3.8) is 0 Å². The molecule has 0 spiro atoms. The molecule has 2 rings (SSSR count). The van der Waals surface area contributed by atoms with Crippen molar-refractivity contribution in [2.45, 2.75) is 13.8 Å². The Hall–Kier alpha value is -1.36. The summed E-state index contributed by atoms with van der Waals surface area (Å²) in [5, 5.41) is 9.23. The van der Waals surface area contributed by atoms with Crippen LogP contribution in [-0.2, 0) is 7.05 Å². The van der Waals surface area contributed by atoms with Gasteiger partial charge in [0, 0.05) is 11.5 Å². The van der Waals surface area contributed by atoms with Gasteiger partial charge in [-0.1, -0.05) is 0 Å². The molecule has 1 aromatic heterocycles. The minimum atomic E-state index is -0.919. The quantitative estimate of drug-likeness (QED) is 0.875. The van der Waals surface area contributed by atoms with E-state index < -0.39 is 5.97 Å². The number of hydrogen-bond donors (Lipinski definition) is 1. The molecule has 1 N–H and O–H groups in total. The van der Waals surface area contributed by atoms with E-state index in [1.54, 1.807) is 17.6 Å². The standard InChI is InChI=1S/C11H11BrN2O2/c1-5-4-7(12)9-10(8(5)11(15)16)14(3)6(2)13-9/h4H,1-3H3,(H,15,16). The van der Waals surface area contributed by atoms with Gasteiger partial charge in [0.05, 0.1) is 11.1 Å². The lowest BCUT2D eigenvalue weighted by Gasteiger charge is -2.06. The summed E-state index contributed by atoms with van der Waals surface area (Å²) >= 11 is 3.41.